The fourth-order valence-corrected chi connectivity index (χ4v) is 8.64. The molecule has 0 N–H and O–H groups in total. The van der Waals surface area contributed by atoms with E-state index in [-0.39, 0.29) is 40.9 Å². The first-order valence-corrected chi connectivity index (χ1v) is 12.9. The van der Waals surface area contributed by atoms with Crippen LogP contribution >= 0.6 is 27.7 Å². The number of nitrogens with zero attached hydrogens (tertiary/aromatic N) is 2. The summed E-state index contributed by atoms with van der Waals surface area (Å²) in [5, 5.41) is 0.371. The van der Waals surface area contributed by atoms with Crippen molar-refractivity contribution < 1.29 is 17.6 Å². The molecule has 0 saturated carbocycles. The summed E-state index contributed by atoms with van der Waals surface area (Å²) in [7, 11) is -3.13. The fourth-order valence-electron chi connectivity index (χ4n) is 4.03. The van der Waals surface area contributed by atoms with Gasteiger partial charge in [0.2, 0.25) is 0 Å². The Hall–Kier alpha value is -1.71. The number of hydrogen-bond acceptors (Lipinski definition) is 4. The van der Waals surface area contributed by atoms with Crippen molar-refractivity contribution in [2.45, 2.75) is 31.6 Å². The molecule has 2 saturated heterocycles. The van der Waals surface area contributed by atoms with Crippen LogP contribution < -0.4 is 4.90 Å². The Morgan fingerprint density at radius 2 is 1.83 bits per heavy atom. The maximum absolute atomic E-state index is 13.1. The smallest absolute Gasteiger partial charge is 0.252 e. The number of carbonyl (C=O) groups is 1. The molecule has 2 aliphatic rings. The van der Waals surface area contributed by atoms with Gasteiger partial charge in [0.05, 0.1) is 24.0 Å². The monoisotopic (exact) mass is 510 g/mol. The van der Waals surface area contributed by atoms with Gasteiger partial charge in [-0.1, -0.05) is 39.8 Å². The van der Waals surface area contributed by atoms with Crippen LogP contribution in [0.15, 0.2) is 45.9 Å². The quantitative estimate of drug-likeness (QED) is 0.622. The van der Waals surface area contributed by atoms with Crippen molar-refractivity contribution in [3.8, 4) is 0 Å². The summed E-state index contributed by atoms with van der Waals surface area (Å²) < 4.78 is 38.6. The molecule has 158 valence electrons. The van der Waals surface area contributed by atoms with Gasteiger partial charge in [-0.25, -0.2) is 12.8 Å². The highest BCUT2D eigenvalue weighted by atomic mass is 79.9. The molecule has 1 amide bonds. The number of amides is 1. The number of sulfone groups is 1. The van der Waals surface area contributed by atoms with E-state index in [2.05, 4.69) is 20.9 Å². The van der Waals surface area contributed by atoms with Crippen molar-refractivity contribution in [2.24, 2.45) is 4.99 Å². The van der Waals surface area contributed by atoms with E-state index in [9.17, 15) is 17.6 Å². The average Bonchev–Trinajstić information content (AvgIpc) is 3.08. The van der Waals surface area contributed by atoms with Gasteiger partial charge in [-0.3, -0.25) is 4.79 Å². The molecule has 2 aromatic carbocycles. The fraction of sp³-hybridized carbons (Fsp3) is 0.333. The number of aryl methyl sites for hydroxylation is 2. The third-order valence-corrected chi connectivity index (χ3v) is 8.92. The van der Waals surface area contributed by atoms with Crippen molar-refractivity contribution in [1.29, 1.82) is 0 Å². The largest absolute Gasteiger partial charge is 0.315 e. The number of aliphatic imine (C=N–C) groups is 1. The molecule has 0 spiro atoms. The molecule has 0 aliphatic carbocycles. The van der Waals surface area contributed by atoms with Crippen LogP contribution in [0.4, 0.5) is 10.1 Å². The van der Waals surface area contributed by atoms with E-state index in [4.69, 9.17) is 0 Å². The van der Waals surface area contributed by atoms with Gasteiger partial charge in [-0.2, -0.15) is 4.99 Å². The minimum atomic E-state index is -3.13. The number of amidine groups is 1. The Labute approximate surface area is 187 Å². The van der Waals surface area contributed by atoms with E-state index in [0.29, 0.717) is 10.7 Å². The van der Waals surface area contributed by atoms with E-state index in [1.807, 2.05) is 30.9 Å². The van der Waals surface area contributed by atoms with Gasteiger partial charge in [0.15, 0.2) is 15.0 Å². The molecule has 0 aromatic heterocycles. The normalized spacial score (nSPS) is 23.7. The van der Waals surface area contributed by atoms with E-state index in [1.54, 1.807) is 12.1 Å². The molecule has 2 aliphatic heterocycles. The van der Waals surface area contributed by atoms with Crippen LogP contribution in [0.1, 0.15) is 16.7 Å². The molecular formula is C21H20BrFN2O3S2. The zero-order valence-electron chi connectivity index (χ0n) is 16.4. The summed E-state index contributed by atoms with van der Waals surface area (Å²) in [6.45, 7) is 3.93. The molecule has 0 radical (unpaired) electrons. The van der Waals surface area contributed by atoms with Crippen molar-refractivity contribution in [3.05, 3.63) is 63.4 Å². The topological polar surface area (TPSA) is 66.8 Å². The second-order valence-corrected chi connectivity index (χ2v) is 11.9. The second-order valence-electron chi connectivity index (χ2n) is 7.65. The summed E-state index contributed by atoms with van der Waals surface area (Å²) in [6, 6.07) is 9.46. The highest BCUT2D eigenvalue weighted by molar-refractivity contribution is 9.10. The predicted octanol–water partition coefficient (Wildman–Crippen LogP) is 4.05. The standard InChI is InChI=1S/C21H20BrFN2O3S2/c1-12-7-15(22)8-13(2)20(12)25-17-10-30(27,28)11-18(17)29-21(25)24-19(26)9-14-3-5-16(23)6-4-14/h3-8,17-18H,9-11H2,1-2H3/t17-,18-/m0/s1. The van der Waals surface area contributed by atoms with E-state index in [1.165, 1.54) is 23.9 Å². The summed E-state index contributed by atoms with van der Waals surface area (Å²) in [4.78, 5) is 18.9. The lowest BCUT2D eigenvalue weighted by molar-refractivity contribution is -0.117. The second kappa shape index (κ2) is 8.09. The molecule has 5 nitrogen and oxygen atoms in total. The van der Waals surface area contributed by atoms with Crippen molar-refractivity contribution in [3.63, 3.8) is 0 Å². The summed E-state index contributed by atoms with van der Waals surface area (Å²) >= 11 is 4.85. The number of rotatable bonds is 3. The lowest BCUT2D eigenvalue weighted by atomic mass is 10.1. The summed E-state index contributed by atoms with van der Waals surface area (Å²) in [5.41, 5.74) is 3.53. The maximum Gasteiger partial charge on any atom is 0.252 e. The molecule has 30 heavy (non-hydrogen) atoms. The zero-order valence-corrected chi connectivity index (χ0v) is 19.7. The predicted molar refractivity (Wildman–Crippen MR) is 122 cm³/mol. The van der Waals surface area contributed by atoms with Gasteiger partial charge in [0.25, 0.3) is 5.91 Å². The molecule has 2 atom stereocenters. The molecule has 2 fully saturated rings. The lowest BCUT2D eigenvalue weighted by Crippen LogP contribution is -2.38. The number of thioether (sulfide) groups is 1. The minimum Gasteiger partial charge on any atom is -0.315 e. The first kappa shape index (κ1) is 21.5. The Bertz CT molecular complexity index is 1130. The van der Waals surface area contributed by atoms with Crippen LogP contribution in [0.5, 0.6) is 0 Å². The average molecular weight is 511 g/mol. The zero-order chi connectivity index (χ0) is 21.6. The molecule has 0 unspecified atom stereocenters. The van der Waals surface area contributed by atoms with Gasteiger partial charge in [-0.05, 0) is 54.8 Å². The SMILES string of the molecule is Cc1cc(Br)cc(C)c1N1C(=NC(=O)Cc2ccc(F)cc2)S[C@H]2CS(=O)(=O)C[C@@H]21. The van der Waals surface area contributed by atoms with Crippen molar-refractivity contribution >= 4 is 54.3 Å². The Morgan fingerprint density at radius 1 is 1.20 bits per heavy atom. The first-order chi connectivity index (χ1) is 14.1. The molecule has 2 aromatic rings. The van der Waals surface area contributed by atoms with Crippen LogP contribution in [-0.2, 0) is 21.1 Å². The van der Waals surface area contributed by atoms with Crippen molar-refractivity contribution in [1.82, 2.24) is 0 Å². The van der Waals surface area contributed by atoms with Crippen LogP contribution in [-0.4, -0.2) is 42.3 Å². The minimum absolute atomic E-state index is 0.0464. The van der Waals surface area contributed by atoms with Gasteiger partial charge >= 0.3 is 0 Å². The van der Waals surface area contributed by atoms with Crippen LogP contribution in [0.3, 0.4) is 0 Å². The third-order valence-electron chi connectivity index (χ3n) is 5.25. The Balaban J connectivity index is 1.70. The number of fused-ring (bicyclic) bond motifs is 1. The van der Waals surface area contributed by atoms with Crippen LogP contribution in [0.2, 0.25) is 0 Å². The first-order valence-electron chi connectivity index (χ1n) is 9.42. The highest BCUT2D eigenvalue weighted by Gasteiger charge is 2.50. The van der Waals surface area contributed by atoms with E-state index < -0.39 is 9.84 Å². The number of halogens is 2. The van der Waals surface area contributed by atoms with Gasteiger partial charge in [0.1, 0.15) is 5.82 Å². The Morgan fingerprint density at radius 3 is 2.47 bits per heavy atom. The highest BCUT2D eigenvalue weighted by Crippen LogP contribution is 2.43. The number of benzene rings is 2. The molecule has 0 bridgehead atoms. The molecule has 4 rings (SSSR count). The number of carbonyl (C=O) groups excluding carboxylic acids is 1. The maximum atomic E-state index is 13.1. The number of hydrogen-bond donors (Lipinski definition) is 0. The van der Waals surface area contributed by atoms with E-state index in [0.717, 1.165) is 21.3 Å². The summed E-state index contributed by atoms with van der Waals surface area (Å²) in [6.07, 6.45) is 0.0596. The van der Waals surface area contributed by atoms with Crippen molar-refractivity contribution in [2.75, 3.05) is 16.4 Å². The lowest BCUT2D eigenvalue weighted by Gasteiger charge is -2.28. The molecule has 9 heteroatoms. The molecular weight excluding hydrogens is 491 g/mol. The van der Waals surface area contributed by atoms with Crippen LogP contribution in [0, 0.1) is 19.7 Å². The Kier molecular flexibility index (Phi) is 5.80. The van der Waals surface area contributed by atoms with Gasteiger partial charge in [0, 0.05) is 15.4 Å². The van der Waals surface area contributed by atoms with Gasteiger partial charge in [-0.15, -0.1) is 0 Å². The van der Waals surface area contributed by atoms with Gasteiger partial charge < -0.3 is 4.90 Å². The summed E-state index contributed by atoms with van der Waals surface area (Å²) in [5.74, 6) is -0.571. The van der Waals surface area contributed by atoms with Crippen LogP contribution in [0.25, 0.3) is 0 Å². The third kappa shape index (κ3) is 4.33. The number of anilines is 1. The molecule has 2 heterocycles. The van der Waals surface area contributed by atoms with E-state index >= 15 is 0 Å².